The number of rotatable bonds is 22. The van der Waals surface area contributed by atoms with E-state index >= 15 is 0 Å². The zero-order valence-electron chi connectivity index (χ0n) is 33.6. The molecule has 0 saturated heterocycles. The molecular formula is C42H59N5O8S. The minimum absolute atomic E-state index is 0.0154. The van der Waals surface area contributed by atoms with Gasteiger partial charge in [-0.1, -0.05) is 102 Å². The van der Waals surface area contributed by atoms with Gasteiger partial charge in [0.05, 0.1) is 37.3 Å². The molecule has 0 saturated carbocycles. The number of carbonyl (C=O) groups excluding carboxylic acids is 4. The summed E-state index contributed by atoms with van der Waals surface area (Å²) in [5, 5.41) is 23.2. The average molecular weight is 794 g/mol. The highest BCUT2D eigenvalue weighted by Crippen LogP contribution is 2.23. The topological polar surface area (TPSA) is 183 Å². The number of aliphatic hydroxyl groups is 1. The molecule has 3 aromatic carbocycles. The first-order valence-electron chi connectivity index (χ1n) is 19.1. The Morgan fingerprint density at radius 2 is 1.38 bits per heavy atom. The van der Waals surface area contributed by atoms with E-state index in [4.69, 9.17) is 4.74 Å². The van der Waals surface area contributed by atoms with Crippen LogP contribution in [0, 0.1) is 17.8 Å². The molecule has 0 bridgehead atoms. The highest BCUT2D eigenvalue weighted by atomic mass is 32.2. The van der Waals surface area contributed by atoms with Gasteiger partial charge < -0.3 is 31.1 Å². The summed E-state index contributed by atoms with van der Waals surface area (Å²) in [5.74, 6) is -3.17. The Morgan fingerprint density at radius 3 is 1.93 bits per heavy atom. The lowest BCUT2D eigenvalue weighted by Crippen LogP contribution is -2.53. The van der Waals surface area contributed by atoms with Gasteiger partial charge in [-0.3, -0.25) is 23.5 Å². The van der Waals surface area contributed by atoms with E-state index in [0.29, 0.717) is 13.1 Å². The lowest BCUT2D eigenvalue weighted by atomic mass is 9.86. The van der Waals surface area contributed by atoms with Crippen molar-refractivity contribution in [2.24, 2.45) is 17.8 Å². The molecule has 0 aliphatic heterocycles. The van der Waals surface area contributed by atoms with Crippen LogP contribution >= 0.6 is 0 Å². The molecule has 0 aromatic heterocycles. The highest BCUT2D eigenvalue weighted by Gasteiger charge is 2.34. The first-order valence-corrected chi connectivity index (χ1v) is 21.0. The van der Waals surface area contributed by atoms with E-state index in [0.717, 1.165) is 34.5 Å². The number of sulfonamides is 1. The number of benzene rings is 3. The van der Waals surface area contributed by atoms with Gasteiger partial charge in [-0.15, -0.1) is 0 Å². The Bertz CT molecular complexity index is 1840. The van der Waals surface area contributed by atoms with Crippen LogP contribution in [0.15, 0.2) is 78.9 Å². The predicted molar refractivity (Wildman–Crippen MR) is 218 cm³/mol. The molecule has 306 valence electrons. The summed E-state index contributed by atoms with van der Waals surface area (Å²) in [6, 6.07) is 21.0. The van der Waals surface area contributed by atoms with Crippen LogP contribution in [0.5, 0.6) is 0 Å². The zero-order valence-corrected chi connectivity index (χ0v) is 34.4. The maximum Gasteiger partial charge on any atom is 0.251 e. The summed E-state index contributed by atoms with van der Waals surface area (Å²) in [4.78, 5) is 54.2. The van der Waals surface area contributed by atoms with Crippen molar-refractivity contribution in [1.29, 1.82) is 0 Å². The lowest BCUT2D eigenvalue weighted by molar-refractivity contribution is -0.134. The predicted octanol–water partition coefficient (Wildman–Crippen LogP) is 4.41. The molecule has 4 atom stereocenters. The van der Waals surface area contributed by atoms with E-state index in [1.807, 2.05) is 95.3 Å². The second-order valence-electron chi connectivity index (χ2n) is 14.8. The van der Waals surface area contributed by atoms with Crippen LogP contribution in [0.25, 0.3) is 0 Å². The Morgan fingerprint density at radius 1 is 0.786 bits per heavy atom. The molecule has 0 unspecified atom stereocenters. The third-order valence-corrected chi connectivity index (χ3v) is 10.7. The van der Waals surface area contributed by atoms with Gasteiger partial charge in [-0.2, -0.15) is 0 Å². The molecule has 14 heteroatoms. The summed E-state index contributed by atoms with van der Waals surface area (Å²) in [6.07, 6.45) is 1.22. The van der Waals surface area contributed by atoms with Crippen molar-refractivity contribution in [3.63, 3.8) is 0 Å². The Kier molecular flexibility index (Phi) is 18.0. The van der Waals surface area contributed by atoms with Gasteiger partial charge in [0.2, 0.25) is 21.8 Å². The molecule has 0 spiro atoms. The van der Waals surface area contributed by atoms with Crippen LogP contribution in [0.2, 0.25) is 0 Å². The van der Waals surface area contributed by atoms with Crippen molar-refractivity contribution in [1.82, 2.24) is 21.3 Å². The third kappa shape index (κ3) is 14.4. The Labute approximate surface area is 332 Å². The molecule has 4 amide bonds. The molecule has 0 aliphatic carbocycles. The van der Waals surface area contributed by atoms with E-state index in [9.17, 15) is 32.7 Å². The third-order valence-electron chi connectivity index (χ3n) is 9.50. The molecule has 0 fully saturated rings. The first-order chi connectivity index (χ1) is 26.5. The summed E-state index contributed by atoms with van der Waals surface area (Å²) >= 11 is 0. The molecule has 5 N–H and O–H groups in total. The van der Waals surface area contributed by atoms with Crippen LogP contribution in [-0.4, -0.2) is 81.8 Å². The lowest BCUT2D eigenvalue weighted by Gasteiger charge is -2.30. The van der Waals surface area contributed by atoms with Gasteiger partial charge in [0.25, 0.3) is 11.8 Å². The van der Waals surface area contributed by atoms with Crippen molar-refractivity contribution >= 4 is 39.3 Å². The van der Waals surface area contributed by atoms with Gasteiger partial charge >= 0.3 is 0 Å². The van der Waals surface area contributed by atoms with Gasteiger partial charge in [0.1, 0.15) is 6.04 Å². The van der Waals surface area contributed by atoms with E-state index in [1.165, 1.54) is 25.2 Å². The first kappa shape index (κ1) is 45.6. The van der Waals surface area contributed by atoms with Crippen LogP contribution in [-0.2, 0) is 37.5 Å². The number of anilines is 1. The van der Waals surface area contributed by atoms with E-state index in [2.05, 4.69) is 21.3 Å². The fraction of sp³-hybridized carbons (Fsp3) is 0.476. The Hall–Kier alpha value is -4.79. The van der Waals surface area contributed by atoms with E-state index in [-0.39, 0.29) is 54.2 Å². The molecule has 3 aromatic rings. The fourth-order valence-corrected chi connectivity index (χ4v) is 6.39. The number of amides is 4. The second kappa shape index (κ2) is 22.1. The second-order valence-corrected chi connectivity index (χ2v) is 16.8. The SMILES string of the molecule is CCCCNC(=O)c1cc(C(=O)N[C@@H](COCc2ccccc2)[C@@H](O)C[C@H](C(=O)N[C@H](C(=O)NCc2ccccc2)C(C)C)C(C)C)cc(N(C)S(C)(=O)=O)c1. The number of nitrogens with zero attached hydrogens (tertiary/aromatic N) is 1. The molecule has 0 heterocycles. The van der Waals surface area contributed by atoms with Gasteiger partial charge in [-0.05, 0) is 54.0 Å². The van der Waals surface area contributed by atoms with Crippen molar-refractivity contribution in [2.45, 2.75) is 85.2 Å². The van der Waals surface area contributed by atoms with Crippen LogP contribution < -0.4 is 25.6 Å². The largest absolute Gasteiger partial charge is 0.391 e. The van der Waals surface area contributed by atoms with Crippen molar-refractivity contribution in [2.75, 3.05) is 30.8 Å². The van der Waals surface area contributed by atoms with E-state index in [1.54, 1.807) is 0 Å². The summed E-state index contributed by atoms with van der Waals surface area (Å²) < 4.78 is 31.9. The van der Waals surface area contributed by atoms with Crippen molar-refractivity contribution in [3.05, 3.63) is 101 Å². The minimum Gasteiger partial charge on any atom is -0.391 e. The van der Waals surface area contributed by atoms with Crippen LogP contribution in [0.4, 0.5) is 5.69 Å². The quantitative estimate of drug-likeness (QED) is 0.0928. The fourth-order valence-electron chi connectivity index (χ4n) is 5.90. The summed E-state index contributed by atoms with van der Waals surface area (Å²) in [6.45, 7) is 10.1. The van der Waals surface area contributed by atoms with Gasteiger partial charge in [0, 0.05) is 37.2 Å². The monoisotopic (exact) mass is 793 g/mol. The smallest absolute Gasteiger partial charge is 0.251 e. The number of aliphatic hydroxyl groups excluding tert-OH is 1. The van der Waals surface area contributed by atoms with Crippen LogP contribution in [0.3, 0.4) is 0 Å². The van der Waals surface area contributed by atoms with Crippen molar-refractivity contribution < 1.29 is 37.4 Å². The molecular weight excluding hydrogens is 735 g/mol. The van der Waals surface area contributed by atoms with Gasteiger partial charge in [-0.25, -0.2) is 8.42 Å². The molecule has 0 aliphatic rings. The van der Waals surface area contributed by atoms with E-state index < -0.39 is 51.9 Å². The van der Waals surface area contributed by atoms with Gasteiger partial charge in [0.15, 0.2) is 0 Å². The minimum atomic E-state index is -3.76. The zero-order chi connectivity index (χ0) is 41.4. The normalized spacial score (nSPS) is 13.7. The number of ether oxygens (including phenoxy) is 1. The highest BCUT2D eigenvalue weighted by molar-refractivity contribution is 7.92. The van der Waals surface area contributed by atoms with Crippen LogP contribution in [0.1, 0.15) is 85.7 Å². The maximum absolute atomic E-state index is 14.0. The van der Waals surface area contributed by atoms with Crippen molar-refractivity contribution in [3.8, 4) is 0 Å². The molecule has 3 rings (SSSR count). The number of carbonyl (C=O) groups is 4. The number of hydrogen-bond acceptors (Lipinski definition) is 8. The molecule has 56 heavy (non-hydrogen) atoms. The number of hydrogen-bond donors (Lipinski definition) is 5. The Balaban J connectivity index is 1.87. The number of nitrogens with one attached hydrogen (secondary N) is 4. The average Bonchev–Trinajstić information content (AvgIpc) is 3.17. The standard InChI is InChI=1S/C42H59N5O8S/c1-8-9-20-43-39(49)32-21-33(23-34(22-32)47(6)56(7,53)54)40(50)45-36(27-55-26-31-18-14-11-15-19-31)37(48)24-35(28(2)3)41(51)46-38(29(4)5)42(52)44-25-30-16-12-10-13-17-30/h10-19,21-23,28-29,35-38,48H,8-9,20,24-27H2,1-7H3,(H,43,49)(H,44,52)(H,45,50)(H,46,51)/t35-,36-,37-,38-/m0/s1. The summed E-state index contributed by atoms with van der Waals surface area (Å²) in [5.41, 5.74) is 1.95. The molecule has 13 nitrogen and oxygen atoms in total. The maximum atomic E-state index is 14.0. The molecule has 0 radical (unpaired) electrons. The number of unbranched alkanes of at least 4 members (excludes halogenated alkanes) is 1. The summed E-state index contributed by atoms with van der Waals surface area (Å²) in [7, 11) is -2.43.